The molecule has 1 heterocycles. The van der Waals surface area contributed by atoms with E-state index < -0.39 is 0 Å². The zero-order valence-corrected chi connectivity index (χ0v) is 13.2. The van der Waals surface area contributed by atoms with Gasteiger partial charge in [-0.2, -0.15) is 0 Å². The van der Waals surface area contributed by atoms with E-state index in [4.69, 9.17) is 21.1 Å². The molecule has 2 rings (SSSR count). The van der Waals surface area contributed by atoms with Gasteiger partial charge in [0.15, 0.2) is 0 Å². The number of benzene rings is 1. The van der Waals surface area contributed by atoms with Gasteiger partial charge in [0, 0.05) is 24.8 Å². The van der Waals surface area contributed by atoms with Crippen LogP contribution >= 0.6 is 11.6 Å². The van der Waals surface area contributed by atoms with Gasteiger partial charge in [-0.1, -0.05) is 25.5 Å². The Balaban J connectivity index is 2.21. The molecule has 0 aliphatic rings. The van der Waals surface area contributed by atoms with Crippen LogP contribution in [0.25, 0.3) is 0 Å². The third-order valence-corrected chi connectivity index (χ3v) is 3.32. The second-order valence-corrected chi connectivity index (χ2v) is 5.14. The van der Waals surface area contributed by atoms with E-state index in [1.807, 2.05) is 36.4 Å². The average molecular weight is 306 g/mol. The van der Waals surface area contributed by atoms with Gasteiger partial charge in [0.1, 0.15) is 5.75 Å². The summed E-state index contributed by atoms with van der Waals surface area (Å²) in [6.07, 6.45) is 1.96. The van der Waals surface area contributed by atoms with Gasteiger partial charge in [-0.25, -0.2) is 4.98 Å². The summed E-state index contributed by atoms with van der Waals surface area (Å²) < 4.78 is 11.0. The second kappa shape index (κ2) is 8.01. The minimum Gasteiger partial charge on any atom is -0.439 e. The molecule has 0 aliphatic carbocycles. The van der Waals surface area contributed by atoms with Crippen molar-refractivity contribution in [3.8, 4) is 11.6 Å². The molecule has 0 fully saturated rings. The van der Waals surface area contributed by atoms with E-state index in [1.54, 1.807) is 7.11 Å². The van der Waals surface area contributed by atoms with Gasteiger partial charge in [0.05, 0.1) is 6.61 Å². The Kier molecular flexibility index (Phi) is 6.03. The summed E-state index contributed by atoms with van der Waals surface area (Å²) >= 11 is 5.94. The van der Waals surface area contributed by atoms with Crippen LogP contribution in [0.2, 0.25) is 0 Å². The molecular weight excluding hydrogens is 286 g/mol. The molecule has 0 radical (unpaired) electrons. The number of alkyl halides is 1. The molecule has 112 valence electrons. The van der Waals surface area contributed by atoms with Crippen LogP contribution < -0.4 is 4.74 Å². The van der Waals surface area contributed by atoms with Gasteiger partial charge in [0.2, 0.25) is 5.88 Å². The van der Waals surface area contributed by atoms with E-state index >= 15 is 0 Å². The first kappa shape index (κ1) is 15.8. The molecule has 0 spiro atoms. The van der Waals surface area contributed by atoms with Crippen molar-refractivity contribution in [1.82, 2.24) is 4.98 Å². The number of halogens is 1. The summed E-state index contributed by atoms with van der Waals surface area (Å²) in [7, 11) is 1.68. The van der Waals surface area contributed by atoms with E-state index in [1.165, 1.54) is 0 Å². The summed E-state index contributed by atoms with van der Waals surface area (Å²) in [5.74, 6) is 1.80. The Labute approximate surface area is 130 Å². The average Bonchev–Trinajstić information content (AvgIpc) is 2.48. The predicted molar refractivity (Wildman–Crippen MR) is 85.0 cm³/mol. The molecule has 1 aromatic carbocycles. The van der Waals surface area contributed by atoms with Crippen LogP contribution in [0.4, 0.5) is 0 Å². The van der Waals surface area contributed by atoms with Crippen LogP contribution in [0.1, 0.15) is 30.2 Å². The number of pyridine rings is 1. The molecule has 2 aromatic rings. The van der Waals surface area contributed by atoms with E-state index in [0.29, 0.717) is 18.4 Å². The highest BCUT2D eigenvalue weighted by Gasteiger charge is 2.05. The molecule has 3 nitrogen and oxygen atoms in total. The zero-order valence-electron chi connectivity index (χ0n) is 12.4. The predicted octanol–water partition coefficient (Wildman–Crippen LogP) is 4.71. The number of ether oxygens (including phenoxy) is 2. The summed E-state index contributed by atoms with van der Waals surface area (Å²) in [4.78, 5) is 4.53. The monoisotopic (exact) mass is 305 g/mol. The first-order chi connectivity index (χ1) is 10.2. The lowest BCUT2D eigenvalue weighted by Gasteiger charge is -2.09. The fraction of sp³-hybridized carbons (Fsp3) is 0.353. The lowest BCUT2D eigenvalue weighted by atomic mass is 10.2. The smallest absolute Gasteiger partial charge is 0.219 e. The van der Waals surface area contributed by atoms with Gasteiger partial charge in [-0.15, -0.1) is 11.6 Å². The van der Waals surface area contributed by atoms with Crippen molar-refractivity contribution in [3.63, 3.8) is 0 Å². The first-order valence-corrected chi connectivity index (χ1v) is 7.60. The number of aryl methyl sites for hydroxylation is 1. The van der Waals surface area contributed by atoms with E-state index in [0.717, 1.165) is 35.4 Å². The highest BCUT2D eigenvalue weighted by molar-refractivity contribution is 6.17. The zero-order chi connectivity index (χ0) is 15.1. The number of rotatable bonds is 7. The molecule has 1 aromatic heterocycles. The third kappa shape index (κ3) is 4.73. The van der Waals surface area contributed by atoms with Crippen molar-refractivity contribution >= 4 is 11.6 Å². The quantitative estimate of drug-likeness (QED) is 0.694. The van der Waals surface area contributed by atoms with Gasteiger partial charge >= 0.3 is 0 Å². The molecule has 0 amide bonds. The topological polar surface area (TPSA) is 31.4 Å². The lowest BCUT2D eigenvalue weighted by molar-refractivity contribution is 0.184. The minimum absolute atomic E-state index is 0.458. The van der Waals surface area contributed by atoms with Crippen LogP contribution in [0.5, 0.6) is 11.6 Å². The summed E-state index contributed by atoms with van der Waals surface area (Å²) in [5.41, 5.74) is 3.11. The highest BCUT2D eigenvalue weighted by Crippen LogP contribution is 2.23. The number of nitrogens with zero attached hydrogens (tertiary/aromatic N) is 1. The Morgan fingerprint density at radius 3 is 2.71 bits per heavy atom. The van der Waals surface area contributed by atoms with Crippen LogP contribution in [-0.4, -0.2) is 12.1 Å². The van der Waals surface area contributed by atoms with Gasteiger partial charge in [-0.05, 0) is 35.7 Å². The van der Waals surface area contributed by atoms with Gasteiger partial charge in [0.25, 0.3) is 0 Å². The standard InChI is InChI=1S/C17H20ClNO2/c1-3-5-15-8-14(11-18)10-17(19-15)21-16-7-4-6-13(9-16)12-20-2/h4,6-10H,3,5,11-12H2,1-2H3. The molecular formula is C17H20ClNO2. The summed E-state index contributed by atoms with van der Waals surface area (Å²) in [6.45, 7) is 2.69. The fourth-order valence-electron chi connectivity index (χ4n) is 2.12. The maximum absolute atomic E-state index is 5.94. The maximum Gasteiger partial charge on any atom is 0.219 e. The van der Waals surface area contributed by atoms with Crippen LogP contribution in [-0.2, 0) is 23.6 Å². The normalized spacial score (nSPS) is 10.6. The van der Waals surface area contributed by atoms with E-state index in [2.05, 4.69) is 11.9 Å². The van der Waals surface area contributed by atoms with Crippen LogP contribution in [0.15, 0.2) is 36.4 Å². The van der Waals surface area contributed by atoms with E-state index in [-0.39, 0.29) is 0 Å². The number of aromatic nitrogens is 1. The molecule has 21 heavy (non-hydrogen) atoms. The molecule has 0 saturated heterocycles. The van der Waals surface area contributed by atoms with Crippen molar-refractivity contribution in [2.24, 2.45) is 0 Å². The van der Waals surface area contributed by atoms with E-state index in [9.17, 15) is 0 Å². The fourth-order valence-corrected chi connectivity index (χ4v) is 2.27. The van der Waals surface area contributed by atoms with Crippen LogP contribution in [0, 0.1) is 0 Å². The lowest BCUT2D eigenvalue weighted by Crippen LogP contribution is -1.96. The highest BCUT2D eigenvalue weighted by atomic mass is 35.5. The summed E-state index contributed by atoms with van der Waals surface area (Å²) in [5, 5.41) is 0. The molecule has 0 aliphatic heterocycles. The van der Waals surface area contributed by atoms with Crippen molar-refractivity contribution in [1.29, 1.82) is 0 Å². The second-order valence-electron chi connectivity index (χ2n) is 4.87. The van der Waals surface area contributed by atoms with Crippen molar-refractivity contribution in [2.45, 2.75) is 32.3 Å². The van der Waals surface area contributed by atoms with Crippen molar-refractivity contribution < 1.29 is 9.47 Å². The number of methoxy groups -OCH3 is 1. The van der Waals surface area contributed by atoms with Crippen molar-refractivity contribution in [2.75, 3.05) is 7.11 Å². The minimum atomic E-state index is 0.458. The van der Waals surface area contributed by atoms with Crippen molar-refractivity contribution in [3.05, 3.63) is 53.2 Å². The SMILES string of the molecule is CCCc1cc(CCl)cc(Oc2cccc(COC)c2)n1. The molecule has 0 atom stereocenters. The largest absolute Gasteiger partial charge is 0.439 e. The molecule has 0 N–H and O–H groups in total. The van der Waals surface area contributed by atoms with Crippen LogP contribution in [0.3, 0.4) is 0 Å². The van der Waals surface area contributed by atoms with Gasteiger partial charge < -0.3 is 9.47 Å². The Hall–Kier alpha value is -1.58. The number of hydrogen-bond donors (Lipinski definition) is 0. The molecule has 0 saturated carbocycles. The first-order valence-electron chi connectivity index (χ1n) is 7.06. The number of hydrogen-bond acceptors (Lipinski definition) is 3. The molecule has 4 heteroatoms. The Bertz CT molecular complexity index is 587. The maximum atomic E-state index is 5.94. The molecule has 0 unspecified atom stereocenters. The van der Waals surface area contributed by atoms with Gasteiger partial charge in [-0.3, -0.25) is 0 Å². The Morgan fingerprint density at radius 2 is 2.00 bits per heavy atom. The molecule has 0 bridgehead atoms. The third-order valence-electron chi connectivity index (χ3n) is 3.01. The Morgan fingerprint density at radius 1 is 1.14 bits per heavy atom. The summed E-state index contributed by atoms with van der Waals surface area (Å²) in [6, 6.07) is 11.7.